The van der Waals surface area contributed by atoms with Crippen LogP contribution < -0.4 is 0 Å². The number of halogens is 1. The van der Waals surface area contributed by atoms with Gasteiger partial charge in [-0.3, -0.25) is 4.79 Å². The summed E-state index contributed by atoms with van der Waals surface area (Å²) in [6.07, 6.45) is 1.23. The van der Waals surface area contributed by atoms with E-state index >= 15 is 0 Å². The zero-order chi connectivity index (χ0) is 16.4. The van der Waals surface area contributed by atoms with Crippen molar-refractivity contribution in [2.24, 2.45) is 0 Å². The first-order valence-corrected chi connectivity index (χ1v) is 9.08. The van der Waals surface area contributed by atoms with E-state index in [0.29, 0.717) is 19.7 Å². The highest BCUT2D eigenvalue weighted by Crippen LogP contribution is 2.20. The van der Waals surface area contributed by atoms with E-state index in [1.165, 1.54) is 16.4 Å². The molecule has 2 fully saturated rings. The summed E-state index contributed by atoms with van der Waals surface area (Å²) in [5, 5.41) is 0. The standard InChI is InChI=1S/C15H19FN2O4S/c16-12-3-5-13(6-4-12)23(20,21)18-9-7-17(8-10-18)15(19)14-2-1-11-22-14/h3-6,14H,1-2,7-11H2/t14-/m1/s1. The maximum absolute atomic E-state index is 12.9. The lowest BCUT2D eigenvalue weighted by Gasteiger charge is -2.35. The molecule has 1 amide bonds. The largest absolute Gasteiger partial charge is 0.368 e. The minimum Gasteiger partial charge on any atom is -0.368 e. The third-order valence-electron chi connectivity index (χ3n) is 4.21. The van der Waals surface area contributed by atoms with Gasteiger partial charge in [0.1, 0.15) is 11.9 Å². The van der Waals surface area contributed by atoms with E-state index in [1.807, 2.05) is 0 Å². The van der Waals surface area contributed by atoms with Crippen molar-refractivity contribution >= 4 is 15.9 Å². The highest BCUT2D eigenvalue weighted by atomic mass is 32.2. The number of hydrogen-bond acceptors (Lipinski definition) is 4. The van der Waals surface area contributed by atoms with E-state index in [9.17, 15) is 17.6 Å². The molecular weight excluding hydrogens is 323 g/mol. The first kappa shape index (κ1) is 16.4. The number of nitrogens with zero attached hydrogens (tertiary/aromatic N) is 2. The van der Waals surface area contributed by atoms with Crippen LogP contribution in [-0.4, -0.2) is 62.4 Å². The number of piperazine rings is 1. The Balaban J connectivity index is 1.64. The maximum atomic E-state index is 12.9. The zero-order valence-electron chi connectivity index (χ0n) is 12.7. The monoisotopic (exact) mass is 342 g/mol. The molecule has 2 aliphatic rings. The summed E-state index contributed by atoms with van der Waals surface area (Å²) in [4.78, 5) is 14.0. The van der Waals surface area contributed by atoms with Crippen molar-refractivity contribution in [3.63, 3.8) is 0 Å². The fraction of sp³-hybridized carbons (Fsp3) is 0.533. The van der Waals surface area contributed by atoms with Gasteiger partial charge in [0.15, 0.2) is 0 Å². The van der Waals surface area contributed by atoms with Crippen molar-refractivity contribution in [3.05, 3.63) is 30.1 Å². The predicted molar refractivity (Wildman–Crippen MR) is 80.7 cm³/mol. The quantitative estimate of drug-likeness (QED) is 0.816. The molecule has 0 bridgehead atoms. The summed E-state index contributed by atoms with van der Waals surface area (Å²) in [7, 11) is -3.65. The van der Waals surface area contributed by atoms with Gasteiger partial charge in [-0.1, -0.05) is 0 Å². The van der Waals surface area contributed by atoms with Gasteiger partial charge < -0.3 is 9.64 Å². The molecule has 23 heavy (non-hydrogen) atoms. The Hall–Kier alpha value is -1.51. The van der Waals surface area contributed by atoms with Crippen molar-refractivity contribution in [2.75, 3.05) is 32.8 Å². The first-order valence-electron chi connectivity index (χ1n) is 7.64. The van der Waals surface area contributed by atoms with Crippen LogP contribution in [0, 0.1) is 5.82 Å². The van der Waals surface area contributed by atoms with E-state index in [4.69, 9.17) is 4.74 Å². The highest BCUT2D eigenvalue weighted by Gasteiger charge is 2.33. The third-order valence-corrected chi connectivity index (χ3v) is 6.12. The molecule has 126 valence electrons. The maximum Gasteiger partial charge on any atom is 0.251 e. The molecule has 3 rings (SSSR count). The number of amides is 1. The van der Waals surface area contributed by atoms with Gasteiger partial charge in [0.25, 0.3) is 5.91 Å². The Bertz CT molecular complexity index is 663. The fourth-order valence-corrected chi connectivity index (χ4v) is 4.30. The van der Waals surface area contributed by atoms with Gasteiger partial charge in [-0.05, 0) is 37.1 Å². The molecule has 0 N–H and O–H groups in total. The van der Waals surface area contributed by atoms with Gasteiger partial charge in [0.05, 0.1) is 4.90 Å². The minimum absolute atomic E-state index is 0.0543. The Labute approximate surface area is 134 Å². The molecule has 1 atom stereocenters. The number of benzene rings is 1. The summed E-state index contributed by atoms with van der Waals surface area (Å²) in [6, 6.07) is 4.78. The van der Waals surface area contributed by atoms with Gasteiger partial charge in [-0.25, -0.2) is 12.8 Å². The van der Waals surface area contributed by atoms with Crippen LogP contribution in [0.2, 0.25) is 0 Å². The molecule has 2 heterocycles. The summed E-state index contributed by atoms with van der Waals surface area (Å²) in [5.74, 6) is -0.530. The third kappa shape index (κ3) is 3.39. The fourth-order valence-electron chi connectivity index (χ4n) is 2.88. The SMILES string of the molecule is O=C([C@H]1CCCO1)N1CCN(S(=O)(=O)c2ccc(F)cc2)CC1. The molecule has 6 nitrogen and oxygen atoms in total. The number of ether oxygens (including phenoxy) is 1. The zero-order valence-corrected chi connectivity index (χ0v) is 13.5. The van der Waals surface area contributed by atoms with E-state index < -0.39 is 15.8 Å². The second kappa shape index (κ2) is 6.54. The lowest BCUT2D eigenvalue weighted by molar-refractivity contribution is -0.142. The van der Waals surface area contributed by atoms with Crippen LogP contribution in [0.25, 0.3) is 0 Å². The van der Waals surface area contributed by atoms with Crippen molar-refractivity contribution in [1.82, 2.24) is 9.21 Å². The number of rotatable bonds is 3. The second-order valence-corrected chi connectivity index (χ2v) is 7.62. The molecule has 8 heteroatoms. The molecule has 0 saturated carbocycles. The minimum atomic E-state index is -3.65. The Morgan fingerprint density at radius 2 is 1.78 bits per heavy atom. The van der Waals surface area contributed by atoms with Crippen LogP contribution in [0.5, 0.6) is 0 Å². The summed E-state index contributed by atoms with van der Waals surface area (Å²) >= 11 is 0. The van der Waals surface area contributed by atoms with Crippen molar-refractivity contribution < 1.29 is 22.3 Å². The van der Waals surface area contributed by atoms with Crippen LogP contribution in [0.4, 0.5) is 4.39 Å². The van der Waals surface area contributed by atoms with Crippen LogP contribution in [0.15, 0.2) is 29.2 Å². The number of carbonyl (C=O) groups excluding carboxylic acids is 1. The average molecular weight is 342 g/mol. The Morgan fingerprint density at radius 1 is 1.13 bits per heavy atom. The molecule has 1 aromatic rings. The van der Waals surface area contributed by atoms with Gasteiger partial charge in [0.2, 0.25) is 10.0 Å². The predicted octanol–water partition coefficient (Wildman–Crippen LogP) is 0.838. The topological polar surface area (TPSA) is 66.9 Å². The Morgan fingerprint density at radius 3 is 2.35 bits per heavy atom. The lowest BCUT2D eigenvalue weighted by atomic mass is 10.2. The molecule has 2 saturated heterocycles. The van der Waals surface area contributed by atoms with E-state index in [0.717, 1.165) is 25.0 Å². The van der Waals surface area contributed by atoms with Crippen LogP contribution in [0.3, 0.4) is 0 Å². The molecule has 2 aliphatic heterocycles. The number of carbonyl (C=O) groups is 1. The average Bonchev–Trinajstić information content (AvgIpc) is 3.09. The van der Waals surface area contributed by atoms with Crippen LogP contribution in [-0.2, 0) is 19.6 Å². The van der Waals surface area contributed by atoms with Gasteiger partial charge in [0, 0.05) is 32.8 Å². The molecule has 0 radical (unpaired) electrons. The summed E-state index contributed by atoms with van der Waals surface area (Å²) in [6.45, 7) is 1.77. The number of hydrogen-bond donors (Lipinski definition) is 0. The van der Waals surface area contributed by atoms with Crippen molar-refractivity contribution in [1.29, 1.82) is 0 Å². The van der Waals surface area contributed by atoms with Crippen LogP contribution in [0.1, 0.15) is 12.8 Å². The van der Waals surface area contributed by atoms with Crippen LogP contribution >= 0.6 is 0 Å². The van der Waals surface area contributed by atoms with Gasteiger partial charge in [-0.2, -0.15) is 4.31 Å². The normalized spacial score (nSPS) is 23.2. The van der Waals surface area contributed by atoms with Crippen molar-refractivity contribution in [2.45, 2.75) is 23.8 Å². The summed E-state index contributed by atoms with van der Waals surface area (Å²) < 4.78 is 44.7. The molecule has 0 aliphatic carbocycles. The molecule has 1 aromatic carbocycles. The Kier molecular flexibility index (Phi) is 4.65. The van der Waals surface area contributed by atoms with Gasteiger partial charge in [-0.15, -0.1) is 0 Å². The molecule has 0 spiro atoms. The van der Waals surface area contributed by atoms with E-state index in [-0.39, 0.29) is 30.0 Å². The molecular formula is C15H19FN2O4S. The molecule has 0 unspecified atom stereocenters. The van der Waals surface area contributed by atoms with Crippen molar-refractivity contribution in [3.8, 4) is 0 Å². The smallest absolute Gasteiger partial charge is 0.251 e. The summed E-state index contributed by atoms with van der Waals surface area (Å²) in [5.41, 5.74) is 0. The lowest BCUT2D eigenvalue weighted by Crippen LogP contribution is -2.52. The second-order valence-electron chi connectivity index (χ2n) is 5.68. The molecule has 0 aromatic heterocycles. The highest BCUT2D eigenvalue weighted by molar-refractivity contribution is 7.89. The first-order chi connectivity index (χ1) is 11.0. The van der Waals surface area contributed by atoms with E-state index in [2.05, 4.69) is 0 Å². The number of sulfonamides is 1. The van der Waals surface area contributed by atoms with E-state index in [1.54, 1.807) is 4.90 Å². The van der Waals surface area contributed by atoms with Gasteiger partial charge >= 0.3 is 0 Å².